The molecule has 4 rings (SSSR count). The van der Waals surface area contributed by atoms with Gasteiger partial charge in [-0.1, -0.05) is 17.2 Å². The van der Waals surface area contributed by atoms with Crippen molar-refractivity contribution >= 4 is 15.9 Å². The van der Waals surface area contributed by atoms with Crippen LogP contribution in [0.4, 0.5) is 0 Å². The molecule has 3 aliphatic carbocycles. The minimum absolute atomic E-state index is 0.0540. The standard InChI is InChI=1S/C21H27N3O3S/c1-14(2)24-10-9-21(22-24)28(26,27)23-20(25)13-19-17-6-3-5-15(12-17)11-16-7-4-8-18(16)19/h9-11,14H,3-8,12-13H2,1-2H3,(H,23,25). The molecular weight excluding hydrogens is 374 g/mol. The molecule has 150 valence electrons. The summed E-state index contributed by atoms with van der Waals surface area (Å²) in [6.07, 6.45) is 11.4. The van der Waals surface area contributed by atoms with Gasteiger partial charge in [0, 0.05) is 12.2 Å². The fourth-order valence-electron chi connectivity index (χ4n) is 4.47. The normalized spacial score (nSPS) is 19.6. The highest BCUT2D eigenvalue weighted by atomic mass is 32.2. The molecule has 0 radical (unpaired) electrons. The van der Waals surface area contributed by atoms with Crippen LogP contribution in [0.15, 0.2) is 51.2 Å². The van der Waals surface area contributed by atoms with E-state index in [1.807, 2.05) is 13.8 Å². The maximum Gasteiger partial charge on any atom is 0.283 e. The van der Waals surface area contributed by atoms with Crippen LogP contribution in [0.3, 0.4) is 0 Å². The second-order valence-electron chi connectivity index (χ2n) is 8.21. The van der Waals surface area contributed by atoms with Crippen LogP contribution in [0.1, 0.15) is 71.3 Å². The number of rotatable bonds is 5. The number of nitrogens with one attached hydrogen (secondary N) is 1. The summed E-state index contributed by atoms with van der Waals surface area (Å²) in [4.78, 5) is 12.7. The van der Waals surface area contributed by atoms with Gasteiger partial charge < -0.3 is 0 Å². The second-order valence-corrected chi connectivity index (χ2v) is 9.83. The predicted octanol–water partition coefficient (Wildman–Crippen LogP) is 3.95. The molecule has 1 aromatic heterocycles. The molecule has 0 saturated heterocycles. The number of allylic oxidation sites excluding steroid dienone is 5. The lowest BCUT2D eigenvalue weighted by Gasteiger charge is -2.20. The first-order chi connectivity index (χ1) is 13.3. The van der Waals surface area contributed by atoms with Crippen molar-refractivity contribution in [3.05, 3.63) is 46.2 Å². The fraction of sp³-hybridized carbons (Fsp3) is 0.524. The minimum atomic E-state index is -3.96. The minimum Gasteiger partial charge on any atom is -0.274 e. The predicted molar refractivity (Wildman–Crippen MR) is 107 cm³/mol. The molecule has 0 spiro atoms. The first kappa shape index (κ1) is 19.2. The van der Waals surface area contributed by atoms with Gasteiger partial charge in [0.25, 0.3) is 10.0 Å². The van der Waals surface area contributed by atoms with E-state index in [0.717, 1.165) is 50.5 Å². The Kier molecular flexibility index (Phi) is 5.04. The maximum absolute atomic E-state index is 12.7. The Hall–Kier alpha value is -2.15. The van der Waals surface area contributed by atoms with Crippen LogP contribution in [-0.2, 0) is 14.8 Å². The Morgan fingerprint density at radius 2 is 2.00 bits per heavy atom. The van der Waals surface area contributed by atoms with Crippen molar-refractivity contribution in [1.82, 2.24) is 14.5 Å². The number of sulfonamides is 1. The summed E-state index contributed by atoms with van der Waals surface area (Å²) in [5.41, 5.74) is 6.49. The van der Waals surface area contributed by atoms with Crippen molar-refractivity contribution < 1.29 is 13.2 Å². The fourth-order valence-corrected chi connectivity index (χ4v) is 5.39. The highest BCUT2D eigenvalue weighted by Crippen LogP contribution is 2.43. The van der Waals surface area contributed by atoms with Gasteiger partial charge in [-0.15, -0.1) is 0 Å². The molecule has 1 fully saturated rings. The molecule has 28 heavy (non-hydrogen) atoms. The van der Waals surface area contributed by atoms with Crippen molar-refractivity contribution in [2.45, 2.75) is 76.3 Å². The largest absolute Gasteiger partial charge is 0.283 e. The van der Waals surface area contributed by atoms with Crippen molar-refractivity contribution in [3.8, 4) is 0 Å². The summed E-state index contributed by atoms with van der Waals surface area (Å²) in [7, 11) is -3.96. The molecule has 1 saturated carbocycles. The zero-order chi connectivity index (χ0) is 19.9. The highest BCUT2D eigenvalue weighted by Gasteiger charge is 2.28. The molecule has 1 aromatic rings. The molecule has 1 amide bonds. The van der Waals surface area contributed by atoms with Crippen LogP contribution in [0.5, 0.6) is 0 Å². The summed E-state index contributed by atoms with van der Waals surface area (Å²) in [6, 6.07) is 1.48. The van der Waals surface area contributed by atoms with Gasteiger partial charge in [-0.2, -0.15) is 13.5 Å². The summed E-state index contributed by atoms with van der Waals surface area (Å²) in [5.74, 6) is -0.477. The third-order valence-corrected chi connectivity index (χ3v) is 7.09. The Morgan fingerprint density at radius 1 is 1.21 bits per heavy atom. The number of fused-ring (bicyclic) bond motifs is 2. The molecule has 0 aliphatic heterocycles. The van der Waals surface area contributed by atoms with E-state index in [-0.39, 0.29) is 17.5 Å². The molecule has 6 nitrogen and oxygen atoms in total. The van der Waals surface area contributed by atoms with E-state index in [1.165, 1.54) is 28.4 Å². The van der Waals surface area contributed by atoms with Gasteiger partial charge >= 0.3 is 0 Å². The summed E-state index contributed by atoms with van der Waals surface area (Å²) in [5, 5.41) is 3.97. The third-order valence-electron chi connectivity index (χ3n) is 5.82. The second kappa shape index (κ2) is 7.35. The van der Waals surface area contributed by atoms with Gasteiger partial charge in [-0.3, -0.25) is 9.48 Å². The molecule has 0 aromatic carbocycles. The Labute approximate surface area is 166 Å². The molecule has 1 heterocycles. The van der Waals surface area contributed by atoms with E-state index in [2.05, 4.69) is 15.9 Å². The molecule has 3 aliphatic rings. The van der Waals surface area contributed by atoms with E-state index in [1.54, 1.807) is 10.9 Å². The van der Waals surface area contributed by atoms with E-state index in [0.29, 0.717) is 0 Å². The van der Waals surface area contributed by atoms with E-state index >= 15 is 0 Å². The summed E-state index contributed by atoms with van der Waals surface area (Å²) in [6.45, 7) is 3.84. The van der Waals surface area contributed by atoms with Crippen LogP contribution < -0.4 is 4.72 Å². The maximum atomic E-state index is 12.7. The van der Waals surface area contributed by atoms with E-state index < -0.39 is 15.9 Å². The topological polar surface area (TPSA) is 81.1 Å². The van der Waals surface area contributed by atoms with Crippen LogP contribution in [0.25, 0.3) is 0 Å². The molecular formula is C21H27N3O3S. The van der Waals surface area contributed by atoms with Crippen LogP contribution in [-0.4, -0.2) is 24.1 Å². The van der Waals surface area contributed by atoms with Gasteiger partial charge in [-0.05, 0) is 81.6 Å². The van der Waals surface area contributed by atoms with E-state index in [9.17, 15) is 13.2 Å². The Bertz CT molecular complexity index is 1010. The smallest absolute Gasteiger partial charge is 0.274 e. The highest BCUT2D eigenvalue weighted by molar-refractivity contribution is 7.90. The van der Waals surface area contributed by atoms with Crippen LogP contribution in [0, 0.1) is 0 Å². The third kappa shape index (κ3) is 3.72. The summed E-state index contributed by atoms with van der Waals surface area (Å²) < 4.78 is 29.0. The molecule has 0 atom stereocenters. The van der Waals surface area contributed by atoms with Crippen LogP contribution >= 0.6 is 0 Å². The van der Waals surface area contributed by atoms with Gasteiger partial charge in [0.05, 0.1) is 6.42 Å². The van der Waals surface area contributed by atoms with Gasteiger partial charge in [0.15, 0.2) is 5.03 Å². The number of hydrogen-bond donors (Lipinski definition) is 1. The first-order valence-corrected chi connectivity index (χ1v) is 11.6. The van der Waals surface area contributed by atoms with Gasteiger partial charge in [0.1, 0.15) is 0 Å². The van der Waals surface area contributed by atoms with E-state index in [4.69, 9.17) is 0 Å². The Balaban J connectivity index is 1.55. The molecule has 1 N–H and O–H groups in total. The number of nitrogens with zero attached hydrogens (tertiary/aromatic N) is 2. The lowest BCUT2D eigenvalue weighted by Crippen LogP contribution is -2.31. The Morgan fingerprint density at radius 3 is 2.75 bits per heavy atom. The van der Waals surface area contributed by atoms with Crippen molar-refractivity contribution in [2.75, 3.05) is 0 Å². The SMILES string of the molecule is CC(C)n1ccc(S(=O)(=O)NC(=O)CC2=C3CCCC(=CC4=C2CCC4)C3)n1. The van der Waals surface area contributed by atoms with Crippen molar-refractivity contribution in [1.29, 1.82) is 0 Å². The van der Waals surface area contributed by atoms with Gasteiger partial charge in [-0.25, -0.2) is 4.72 Å². The zero-order valence-electron chi connectivity index (χ0n) is 16.5. The zero-order valence-corrected chi connectivity index (χ0v) is 17.3. The first-order valence-electron chi connectivity index (χ1n) is 10.1. The summed E-state index contributed by atoms with van der Waals surface area (Å²) >= 11 is 0. The average molecular weight is 402 g/mol. The van der Waals surface area contributed by atoms with Gasteiger partial charge in [0.2, 0.25) is 5.91 Å². The lowest BCUT2D eigenvalue weighted by atomic mass is 9.85. The van der Waals surface area contributed by atoms with Crippen LogP contribution in [0.2, 0.25) is 0 Å². The quantitative estimate of drug-likeness (QED) is 0.810. The number of aromatic nitrogens is 2. The lowest BCUT2D eigenvalue weighted by molar-refractivity contribution is -0.118. The molecule has 0 unspecified atom stereocenters. The molecule has 7 heteroatoms. The van der Waals surface area contributed by atoms with Crippen molar-refractivity contribution in [2.24, 2.45) is 0 Å². The average Bonchev–Trinajstić information content (AvgIpc) is 3.28. The monoisotopic (exact) mass is 401 g/mol. The molecule has 2 bridgehead atoms. The number of hydrogen-bond acceptors (Lipinski definition) is 4. The van der Waals surface area contributed by atoms with Crippen molar-refractivity contribution in [3.63, 3.8) is 0 Å². The number of carbonyl (C=O) groups excluding carboxylic acids is 1. The number of amides is 1. The number of carbonyl (C=O) groups is 1.